The van der Waals surface area contributed by atoms with Crippen LogP contribution in [0.5, 0.6) is 5.75 Å². The molecule has 1 aliphatic rings. The lowest BCUT2D eigenvalue weighted by atomic mass is 10.2. The van der Waals surface area contributed by atoms with Gasteiger partial charge in [-0.1, -0.05) is 15.9 Å². The normalized spacial score (nSPS) is 13.5. The molecule has 1 heterocycles. The molecule has 8 nitrogen and oxygen atoms in total. The summed E-state index contributed by atoms with van der Waals surface area (Å²) in [5.74, 6) is 0.536. The number of methoxy groups -OCH3 is 1. The standard InChI is InChI=1S/C21H25BrN4O4/c1-29-17-5-3-16(4-6-17)24-21(28)23-9-8-20(27)25-18-14-15(22)2-7-19(18)26-10-12-30-13-11-26/h2-7,14H,8-13H2,1H3,(H,25,27)(H2,23,24,28). The van der Waals surface area contributed by atoms with Crippen molar-refractivity contribution in [2.24, 2.45) is 0 Å². The van der Waals surface area contributed by atoms with Crippen LogP contribution in [0.4, 0.5) is 21.9 Å². The number of amides is 3. The Morgan fingerprint density at radius 1 is 1.10 bits per heavy atom. The first kappa shape index (κ1) is 21.9. The number of hydrogen-bond donors (Lipinski definition) is 3. The van der Waals surface area contributed by atoms with Gasteiger partial charge in [-0.2, -0.15) is 0 Å². The van der Waals surface area contributed by atoms with Gasteiger partial charge in [-0.25, -0.2) is 4.79 Å². The molecular weight excluding hydrogens is 452 g/mol. The Hall–Kier alpha value is -2.78. The summed E-state index contributed by atoms with van der Waals surface area (Å²) in [5.41, 5.74) is 2.33. The Morgan fingerprint density at radius 3 is 2.53 bits per heavy atom. The SMILES string of the molecule is COc1ccc(NC(=O)NCCC(=O)Nc2cc(Br)ccc2N2CCOCC2)cc1. The molecule has 30 heavy (non-hydrogen) atoms. The Bertz CT molecular complexity index is 870. The zero-order valence-electron chi connectivity index (χ0n) is 16.7. The van der Waals surface area contributed by atoms with Crippen molar-refractivity contribution in [3.8, 4) is 5.75 Å². The van der Waals surface area contributed by atoms with Crippen LogP contribution in [-0.2, 0) is 9.53 Å². The highest BCUT2D eigenvalue weighted by Gasteiger charge is 2.16. The van der Waals surface area contributed by atoms with Crippen LogP contribution in [0, 0.1) is 0 Å². The van der Waals surface area contributed by atoms with Gasteiger partial charge in [0.1, 0.15) is 5.75 Å². The fraction of sp³-hybridized carbons (Fsp3) is 0.333. The smallest absolute Gasteiger partial charge is 0.319 e. The minimum atomic E-state index is -0.371. The zero-order valence-corrected chi connectivity index (χ0v) is 18.3. The van der Waals surface area contributed by atoms with Gasteiger partial charge in [-0.15, -0.1) is 0 Å². The van der Waals surface area contributed by atoms with E-state index >= 15 is 0 Å². The number of benzene rings is 2. The molecule has 9 heteroatoms. The molecular formula is C21H25BrN4O4. The number of urea groups is 1. The van der Waals surface area contributed by atoms with E-state index < -0.39 is 0 Å². The Labute approximate surface area is 184 Å². The summed E-state index contributed by atoms with van der Waals surface area (Å²) in [6.45, 7) is 3.09. The van der Waals surface area contributed by atoms with Crippen LogP contribution in [0.25, 0.3) is 0 Å². The van der Waals surface area contributed by atoms with Gasteiger partial charge in [0.15, 0.2) is 0 Å². The molecule has 2 aromatic carbocycles. The summed E-state index contributed by atoms with van der Waals surface area (Å²) in [5, 5.41) is 8.35. The maximum Gasteiger partial charge on any atom is 0.319 e. The summed E-state index contributed by atoms with van der Waals surface area (Å²) in [7, 11) is 1.58. The molecule has 3 N–H and O–H groups in total. The maximum atomic E-state index is 12.4. The number of ether oxygens (including phenoxy) is 2. The van der Waals surface area contributed by atoms with Crippen molar-refractivity contribution in [3.05, 3.63) is 46.9 Å². The molecule has 0 aliphatic carbocycles. The number of nitrogens with one attached hydrogen (secondary N) is 3. The molecule has 0 saturated carbocycles. The average Bonchev–Trinajstić information content (AvgIpc) is 2.75. The first-order valence-corrected chi connectivity index (χ1v) is 10.5. The van der Waals surface area contributed by atoms with E-state index in [4.69, 9.17) is 9.47 Å². The lowest BCUT2D eigenvalue weighted by molar-refractivity contribution is -0.116. The molecule has 2 aromatic rings. The van der Waals surface area contributed by atoms with E-state index in [1.807, 2.05) is 18.2 Å². The van der Waals surface area contributed by atoms with Gasteiger partial charge in [-0.3, -0.25) is 4.79 Å². The van der Waals surface area contributed by atoms with E-state index in [-0.39, 0.29) is 24.9 Å². The van der Waals surface area contributed by atoms with E-state index in [0.717, 1.165) is 28.9 Å². The van der Waals surface area contributed by atoms with Crippen molar-refractivity contribution in [2.45, 2.75) is 6.42 Å². The molecule has 3 rings (SSSR count). The van der Waals surface area contributed by atoms with E-state index in [9.17, 15) is 9.59 Å². The highest BCUT2D eigenvalue weighted by molar-refractivity contribution is 9.10. The molecule has 1 saturated heterocycles. The molecule has 3 amide bonds. The highest BCUT2D eigenvalue weighted by Crippen LogP contribution is 2.30. The lowest BCUT2D eigenvalue weighted by Crippen LogP contribution is -2.37. The average molecular weight is 477 g/mol. The van der Waals surface area contributed by atoms with Gasteiger partial charge < -0.3 is 30.3 Å². The summed E-state index contributed by atoms with van der Waals surface area (Å²) >= 11 is 3.45. The summed E-state index contributed by atoms with van der Waals surface area (Å²) in [6, 6.07) is 12.4. The number of carbonyl (C=O) groups excluding carboxylic acids is 2. The van der Waals surface area contributed by atoms with E-state index in [2.05, 4.69) is 36.8 Å². The van der Waals surface area contributed by atoms with Crippen molar-refractivity contribution in [3.63, 3.8) is 0 Å². The van der Waals surface area contributed by atoms with Crippen LogP contribution in [0.1, 0.15) is 6.42 Å². The minimum absolute atomic E-state index is 0.158. The fourth-order valence-electron chi connectivity index (χ4n) is 3.04. The summed E-state index contributed by atoms with van der Waals surface area (Å²) in [6.07, 6.45) is 0.158. The summed E-state index contributed by atoms with van der Waals surface area (Å²) in [4.78, 5) is 26.6. The molecule has 0 radical (unpaired) electrons. The van der Waals surface area contributed by atoms with Crippen molar-refractivity contribution < 1.29 is 19.1 Å². The van der Waals surface area contributed by atoms with Crippen LogP contribution in [0.2, 0.25) is 0 Å². The van der Waals surface area contributed by atoms with Crippen LogP contribution in [-0.4, -0.2) is 51.9 Å². The second-order valence-corrected chi connectivity index (χ2v) is 7.58. The molecule has 1 fully saturated rings. The molecule has 0 spiro atoms. The Balaban J connectivity index is 1.48. The van der Waals surface area contributed by atoms with Crippen molar-refractivity contribution in [1.29, 1.82) is 0 Å². The van der Waals surface area contributed by atoms with E-state index in [1.54, 1.807) is 31.4 Å². The second kappa shape index (κ2) is 10.8. The first-order valence-electron chi connectivity index (χ1n) is 9.66. The first-order chi connectivity index (χ1) is 14.5. The highest BCUT2D eigenvalue weighted by atomic mass is 79.9. The predicted octanol–water partition coefficient (Wildman–Crippen LogP) is 3.44. The third-order valence-electron chi connectivity index (χ3n) is 4.57. The lowest BCUT2D eigenvalue weighted by Gasteiger charge is -2.30. The monoisotopic (exact) mass is 476 g/mol. The van der Waals surface area contributed by atoms with Gasteiger partial charge in [0.25, 0.3) is 0 Å². The fourth-order valence-corrected chi connectivity index (χ4v) is 3.40. The molecule has 1 aliphatic heterocycles. The van der Waals surface area contributed by atoms with Gasteiger partial charge in [0.2, 0.25) is 5.91 Å². The number of carbonyl (C=O) groups is 2. The number of rotatable bonds is 7. The molecule has 0 aromatic heterocycles. The van der Waals surface area contributed by atoms with Gasteiger partial charge in [-0.05, 0) is 42.5 Å². The van der Waals surface area contributed by atoms with Crippen molar-refractivity contribution in [1.82, 2.24) is 5.32 Å². The van der Waals surface area contributed by atoms with Crippen molar-refractivity contribution in [2.75, 3.05) is 55.5 Å². The number of nitrogens with zero attached hydrogens (tertiary/aromatic N) is 1. The number of morpholine rings is 1. The third-order valence-corrected chi connectivity index (χ3v) is 5.06. The van der Waals surface area contributed by atoms with Gasteiger partial charge in [0, 0.05) is 36.2 Å². The van der Waals surface area contributed by atoms with Crippen LogP contribution >= 0.6 is 15.9 Å². The van der Waals surface area contributed by atoms with Gasteiger partial charge >= 0.3 is 6.03 Å². The largest absolute Gasteiger partial charge is 0.497 e. The molecule has 0 atom stereocenters. The second-order valence-electron chi connectivity index (χ2n) is 6.67. The predicted molar refractivity (Wildman–Crippen MR) is 120 cm³/mol. The third kappa shape index (κ3) is 6.36. The number of anilines is 3. The van der Waals surface area contributed by atoms with Crippen molar-refractivity contribution >= 4 is 44.9 Å². The Morgan fingerprint density at radius 2 is 1.83 bits per heavy atom. The van der Waals surface area contributed by atoms with E-state index in [0.29, 0.717) is 24.7 Å². The number of halogens is 1. The quantitative estimate of drug-likeness (QED) is 0.569. The molecule has 160 valence electrons. The Kier molecular flexibility index (Phi) is 7.92. The minimum Gasteiger partial charge on any atom is -0.497 e. The molecule has 0 unspecified atom stereocenters. The van der Waals surface area contributed by atoms with Crippen LogP contribution in [0.3, 0.4) is 0 Å². The van der Waals surface area contributed by atoms with E-state index in [1.165, 1.54) is 0 Å². The zero-order chi connectivity index (χ0) is 21.3. The van der Waals surface area contributed by atoms with Gasteiger partial charge in [0.05, 0.1) is 31.7 Å². The topological polar surface area (TPSA) is 91.9 Å². The van der Waals surface area contributed by atoms with Crippen LogP contribution < -0.4 is 25.6 Å². The summed E-state index contributed by atoms with van der Waals surface area (Å²) < 4.78 is 11.4. The maximum absolute atomic E-state index is 12.4. The molecule has 0 bridgehead atoms. The van der Waals surface area contributed by atoms with Crippen LogP contribution in [0.15, 0.2) is 46.9 Å². The number of hydrogen-bond acceptors (Lipinski definition) is 5.